The average Bonchev–Trinajstić information content (AvgIpc) is 2.98. The molecule has 0 bridgehead atoms. The minimum Gasteiger partial charge on any atom is -0.467 e. The lowest BCUT2D eigenvalue weighted by Gasteiger charge is -2.18. The lowest BCUT2D eigenvalue weighted by atomic mass is 10.0. The highest BCUT2D eigenvalue weighted by Crippen LogP contribution is 2.32. The Morgan fingerprint density at radius 1 is 1.26 bits per heavy atom. The van der Waals surface area contributed by atoms with Gasteiger partial charge in [0.25, 0.3) is 0 Å². The van der Waals surface area contributed by atoms with Gasteiger partial charge in [-0.15, -0.1) is 0 Å². The Morgan fingerprint density at radius 2 is 2.00 bits per heavy atom. The topological polar surface area (TPSA) is 85.9 Å². The van der Waals surface area contributed by atoms with Gasteiger partial charge in [0.1, 0.15) is 6.04 Å². The van der Waals surface area contributed by atoms with Gasteiger partial charge in [-0.2, -0.15) is 0 Å². The molecule has 0 fully saturated rings. The second-order valence-corrected chi connectivity index (χ2v) is 5.72. The minimum atomic E-state index is -0.656. The first kappa shape index (κ1) is 16.9. The van der Waals surface area contributed by atoms with Crippen molar-refractivity contribution in [2.45, 2.75) is 32.9 Å². The van der Waals surface area contributed by atoms with E-state index in [9.17, 15) is 9.59 Å². The van der Waals surface area contributed by atoms with Crippen LogP contribution in [0.2, 0.25) is 0 Å². The molecule has 1 heterocycles. The zero-order chi connectivity index (χ0) is 16.8. The molecular formula is C16H22N2O5. The predicted molar refractivity (Wildman–Crippen MR) is 83.2 cm³/mol. The molecule has 7 nitrogen and oxygen atoms in total. The number of hydrogen-bond donors (Lipinski definition) is 2. The Balaban J connectivity index is 1.87. The highest BCUT2D eigenvalue weighted by atomic mass is 16.7. The number of amides is 2. The maximum Gasteiger partial charge on any atom is 0.328 e. The molecule has 1 aliphatic rings. The number of fused-ring (bicyclic) bond motifs is 1. The number of esters is 1. The normalized spacial score (nSPS) is 13.6. The molecule has 1 aromatic rings. The van der Waals surface area contributed by atoms with Gasteiger partial charge in [0.2, 0.25) is 6.79 Å². The Labute approximate surface area is 135 Å². The van der Waals surface area contributed by atoms with Crippen molar-refractivity contribution in [3.8, 4) is 11.5 Å². The predicted octanol–water partition coefficient (Wildman–Crippen LogP) is 1.80. The molecule has 2 N–H and O–H groups in total. The van der Waals surface area contributed by atoms with Gasteiger partial charge in [0, 0.05) is 6.54 Å². The Morgan fingerprint density at radius 3 is 2.70 bits per heavy atom. The first-order valence-electron chi connectivity index (χ1n) is 7.50. The lowest BCUT2D eigenvalue weighted by molar-refractivity contribution is -0.143. The van der Waals surface area contributed by atoms with Crippen LogP contribution in [-0.4, -0.2) is 31.9 Å². The SMILES string of the molecule is COC(=O)[C@H](CC(C)C)NC(=O)NCc1ccc2c(c1)OCO2. The maximum absolute atomic E-state index is 12.0. The van der Waals surface area contributed by atoms with E-state index in [0.717, 1.165) is 5.56 Å². The number of benzene rings is 1. The minimum absolute atomic E-state index is 0.211. The lowest BCUT2D eigenvalue weighted by Crippen LogP contribution is -2.46. The molecule has 7 heteroatoms. The molecule has 1 aromatic carbocycles. The molecule has 1 atom stereocenters. The monoisotopic (exact) mass is 322 g/mol. The zero-order valence-electron chi connectivity index (χ0n) is 13.5. The van der Waals surface area contributed by atoms with E-state index in [1.54, 1.807) is 6.07 Å². The summed E-state index contributed by atoms with van der Waals surface area (Å²) < 4.78 is 15.2. The van der Waals surface area contributed by atoms with Gasteiger partial charge >= 0.3 is 12.0 Å². The van der Waals surface area contributed by atoms with Crippen LogP contribution in [0.5, 0.6) is 11.5 Å². The molecule has 0 radical (unpaired) electrons. The van der Waals surface area contributed by atoms with Gasteiger partial charge in [-0.3, -0.25) is 0 Å². The van der Waals surface area contributed by atoms with Crippen LogP contribution < -0.4 is 20.1 Å². The molecule has 2 amide bonds. The number of rotatable bonds is 6. The third kappa shape index (κ3) is 4.77. The summed E-state index contributed by atoms with van der Waals surface area (Å²) in [5.74, 6) is 1.17. The van der Waals surface area contributed by atoms with Gasteiger partial charge < -0.3 is 24.8 Å². The van der Waals surface area contributed by atoms with Crippen LogP contribution in [0.15, 0.2) is 18.2 Å². The van der Waals surface area contributed by atoms with E-state index in [2.05, 4.69) is 10.6 Å². The van der Waals surface area contributed by atoms with Crippen molar-refractivity contribution in [3.05, 3.63) is 23.8 Å². The number of hydrogen-bond acceptors (Lipinski definition) is 5. The summed E-state index contributed by atoms with van der Waals surface area (Å²) in [7, 11) is 1.31. The van der Waals surface area contributed by atoms with Crippen molar-refractivity contribution in [1.82, 2.24) is 10.6 Å². The Hall–Kier alpha value is -2.44. The van der Waals surface area contributed by atoms with Crippen molar-refractivity contribution in [2.75, 3.05) is 13.9 Å². The molecule has 0 aromatic heterocycles. The molecule has 0 spiro atoms. The smallest absolute Gasteiger partial charge is 0.328 e. The fourth-order valence-corrected chi connectivity index (χ4v) is 2.27. The summed E-state index contributed by atoms with van der Waals surface area (Å²) in [5.41, 5.74) is 0.878. The fourth-order valence-electron chi connectivity index (χ4n) is 2.27. The Bertz CT molecular complexity index is 574. The highest BCUT2D eigenvalue weighted by Gasteiger charge is 2.22. The van der Waals surface area contributed by atoms with Gasteiger partial charge in [-0.25, -0.2) is 9.59 Å². The summed E-state index contributed by atoms with van der Waals surface area (Å²) in [4.78, 5) is 23.7. The summed E-state index contributed by atoms with van der Waals surface area (Å²) in [6.45, 7) is 4.48. The molecule has 0 unspecified atom stereocenters. The van der Waals surface area contributed by atoms with Crippen molar-refractivity contribution < 1.29 is 23.8 Å². The number of carbonyl (C=O) groups is 2. The summed E-state index contributed by atoms with van der Waals surface area (Å²) in [6.07, 6.45) is 0.518. The second-order valence-electron chi connectivity index (χ2n) is 5.72. The second kappa shape index (κ2) is 7.71. The molecule has 126 valence electrons. The van der Waals surface area contributed by atoms with Crippen LogP contribution in [0.3, 0.4) is 0 Å². The largest absolute Gasteiger partial charge is 0.467 e. The van der Waals surface area contributed by atoms with E-state index < -0.39 is 18.0 Å². The van der Waals surface area contributed by atoms with Crippen molar-refractivity contribution in [2.24, 2.45) is 5.92 Å². The van der Waals surface area contributed by atoms with E-state index >= 15 is 0 Å². The summed E-state index contributed by atoms with van der Waals surface area (Å²) in [5, 5.41) is 5.36. The van der Waals surface area contributed by atoms with E-state index in [1.165, 1.54) is 7.11 Å². The van der Waals surface area contributed by atoms with E-state index in [-0.39, 0.29) is 12.7 Å². The van der Waals surface area contributed by atoms with Gasteiger partial charge in [-0.1, -0.05) is 19.9 Å². The number of methoxy groups -OCH3 is 1. The van der Waals surface area contributed by atoms with E-state index in [0.29, 0.717) is 24.5 Å². The molecule has 1 aliphatic heterocycles. The molecule has 23 heavy (non-hydrogen) atoms. The number of nitrogens with one attached hydrogen (secondary N) is 2. The van der Waals surface area contributed by atoms with Gasteiger partial charge in [-0.05, 0) is 30.0 Å². The van der Waals surface area contributed by atoms with E-state index in [4.69, 9.17) is 14.2 Å². The van der Waals surface area contributed by atoms with Crippen molar-refractivity contribution in [1.29, 1.82) is 0 Å². The molecule has 2 rings (SSSR count). The number of carbonyl (C=O) groups excluding carboxylic acids is 2. The van der Waals surface area contributed by atoms with Crippen LogP contribution in [0.1, 0.15) is 25.8 Å². The fraction of sp³-hybridized carbons (Fsp3) is 0.500. The third-order valence-electron chi connectivity index (χ3n) is 3.39. The summed E-state index contributed by atoms with van der Waals surface area (Å²) >= 11 is 0. The molecule has 0 saturated heterocycles. The molecular weight excluding hydrogens is 300 g/mol. The number of urea groups is 1. The quantitative estimate of drug-likeness (QED) is 0.780. The standard InChI is InChI=1S/C16H22N2O5/c1-10(2)6-12(15(19)21-3)18-16(20)17-8-11-4-5-13-14(7-11)23-9-22-13/h4-5,7,10,12H,6,8-9H2,1-3H3,(H2,17,18,20)/t12-/m0/s1. The van der Waals surface area contributed by atoms with Crippen molar-refractivity contribution in [3.63, 3.8) is 0 Å². The number of ether oxygens (including phenoxy) is 3. The highest BCUT2D eigenvalue weighted by molar-refractivity contribution is 5.83. The first-order valence-corrected chi connectivity index (χ1v) is 7.50. The van der Waals surface area contributed by atoms with Gasteiger partial charge in [0.05, 0.1) is 7.11 Å². The van der Waals surface area contributed by atoms with E-state index in [1.807, 2.05) is 26.0 Å². The van der Waals surface area contributed by atoms with Crippen LogP contribution in [0.25, 0.3) is 0 Å². The maximum atomic E-state index is 12.0. The van der Waals surface area contributed by atoms with Gasteiger partial charge in [0.15, 0.2) is 11.5 Å². The third-order valence-corrected chi connectivity index (χ3v) is 3.39. The first-order chi connectivity index (χ1) is 11.0. The molecule has 0 saturated carbocycles. The average molecular weight is 322 g/mol. The zero-order valence-corrected chi connectivity index (χ0v) is 13.5. The van der Waals surface area contributed by atoms with Crippen molar-refractivity contribution >= 4 is 12.0 Å². The van der Waals surface area contributed by atoms with Crippen LogP contribution >= 0.6 is 0 Å². The van der Waals surface area contributed by atoms with Crippen LogP contribution in [0, 0.1) is 5.92 Å². The van der Waals surface area contributed by atoms with Crippen LogP contribution in [0.4, 0.5) is 4.79 Å². The van der Waals surface area contributed by atoms with Crippen LogP contribution in [-0.2, 0) is 16.1 Å². The molecule has 0 aliphatic carbocycles. The summed E-state index contributed by atoms with van der Waals surface area (Å²) in [6, 6.07) is 4.39. The Kier molecular flexibility index (Phi) is 5.67.